The lowest BCUT2D eigenvalue weighted by Crippen LogP contribution is -2.38. The SMILES string of the molecule is COC(=O)C1=C(C(=O)OC)N(c2ccc3cc(F)ccc3c2)COC1. The Morgan fingerprint density at radius 2 is 1.72 bits per heavy atom. The predicted molar refractivity (Wildman–Crippen MR) is 88.3 cm³/mol. The van der Waals surface area contributed by atoms with Crippen LogP contribution in [0.3, 0.4) is 0 Å². The van der Waals surface area contributed by atoms with E-state index in [1.54, 1.807) is 24.3 Å². The van der Waals surface area contributed by atoms with E-state index >= 15 is 0 Å². The van der Waals surface area contributed by atoms with E-state index in [1.807, 2.05) is 0 Å². The van der Waals surface area contributed by atoms with E-state index in [9.17, 15) is 14.0 Å². The lowest BCUT2D eigenvalue weighted by molar-refractivity contribution is -0.140. The lowest BCUT2D eigenvalue weighted by atomic mass is 10.1. The standard InChI is InChI=1S/C18H16FNO5/c1-23-17(21)15-9-25-10-20(16(15)18(22)24-2)14-6-4-11-7-13(19)5-3-12(11)8-14/h3-8H,9-10H2,1-2H3. The van der Waals surface area contributed by atoms with Gasteiger partial charge in [-0.15, -0.1) is 0 Å². The van der Waals surface area contributed by atoms with Gasteiger partial charge in [0, 0.05) is 5.69 Å². The molecule has 130 valence electrons. The number of anilines is 1. The van der Waals surface area contributed by atoms with E-state index in [-0.39, 0.29) is 30.4 Å². The van der Waals surface area contributed by atoms with Gasteiger partial charge in [0.05, 0.1) is 26.4 Å². The minimum Gasteiger partial charge on any atom is -0.466 e. The average molecular weight is 345 g/mol. The number of nitrogens with zero attached hydrogens (tertiary/aromatic N) is 1. The number of rotatable bonds is 3. The van der Waals surface area contributed by atoms with Crippen LogP contribution in [-0.4, -0.2) is 39.5 Å². The van der Waals surface area contributed by atoms with Crippen LogP contribution in [0.15, 0.2) is 47.7 Å². The summed E-state index contributed by atoms with van der Waals surface area (Å²) in [6.45, 7) is 0.0179. The van der Waals surface area contributed by atoms with Crippen molar-refractivity contribution in [3.63, 3.8) is 0 Å². The second-order valence-corrected chi connectivity index (χ2v) is 5.39. The normalized spacial score (nSPS) is 14.6. The fourth-order valence-electron chi connectivity index (χ4n) is 2.72. The van der Waals surface area contributed by atoms with Crippen molar-refractivity contribution in [3.8, 4) is 0 Å². The van der Waals surface area contributed by atoms with Gasteiger partial charge < -0.3 is 19.1 Å². The largest absolute Gasteiger partial charge is 0.466 e. The molecule has 0 radical (unpaired) electrons. The zero-order valence-corrected chi connectivity index (χ0v) is 13.7. The molecule has 1 aliphatic heterocycles. The third-order valence-corrected chi connectivity index (χ3v) is 3.93. The highest BCUT2D eigenvalue weighted by molar-refractivity contribution is 6.03. The van der Waals surface area contributed by atoms with Crippen LogP contribution >= 0.6 is 0 Å². The Balaban J connectivity index is 2.11. The van der Waals surface area contributed by atoms with E-state index in [0.29, 0.717) is 5.69 Å². The van der Waals surface area contributed by atoms with E-state index in [1.165, 1.54) is 31.3 Å². The lowest BCUT2D eigenvalue weighted by Gasteiger charge is -2.31. The first-order valence-electron chi connectivity index (χ1n) is 7.49. The number of hydrogen-bond acceptors (Lipinski definition) is 6. The van der Waals surface area contributed by atoms with Crippen molar-refractivity contribution >= 4 is 28.4 Å². The third kappa shape index (κ3) is 3.18. The number of ether oxygens (including phenoxy) is 3. The quantitative estimate of drug-likeness (QED) is 0.796. The van der Waals surface area contributed by atoms with Gasteiger partial charge in [-0.25, -0.2) is 14.0 Å². The van der Waals surface area contributed by atoms with Crippen molar-refractivity contribution in [1.29, 1.82) is 0 Å². The smallest absolute Gasteiger partial charge is 0.355 e. The molecule has 0 atom stereocenters. The fourth-order valence-corrected chi connectivity index (χ4v) is 2.72. The molecule has 0 saturated heterocycles. The first-order chi connectivity index (χ1) is 12.0. The number of carbonyl (C=O) groups is 2. The molecule has 0 aliphatic carbocycles. The van der Waals surface area contributed by atoms with Crippen LogP contribution in [0.5, 0.6) is 0 Å². The zero-order chi connectivity index (χ0) is 18.0. The van der Waals surface area contributed by atoms with Crippen molar-refractivity contribution < 1.29 is 28.2 Å². The van der Waals surface area contributed by atoms with Gasteiger partial charge in [-0.2, -0.15) is 0 Å². The molecule has 25 heavy (non-hydrogen) atoms. The van der Waals surface area contributed by atoms with Crippen LogP contribution < -0.4 is 4.90 Å². The highest BCUT2D eigenvalue weighted by atomic mass is 19.1. The number of esters is 2. The van der Waals surface area contributed by atoms with Crippen molar-refractivity contribution in [2.75, 3.05) is 32.5 Å². The molecule has 0 saturated carbocycles. The van der Waals surface area contributed by atoms with Gasteiger partial charge in [-0.3, -0.25) is 0 Å². The van der Waals surface area contributed by atoms with Crippen LogP contribution in [-0.2, 0) is 23.8 Å². The summed E-state index contributed by atoms with van der Waals surface area (Å²) < 4.78 is 28.3. The molecular weight excluding hydrogens is 329 g/mol. The highest BCUT2D eigenvalue weighted by Crippen LogP contribution is 2.29. The maximum absolute atomic E-state index is 13.3. The Kier molecular flexibility index (Phi) is 4.67. The van der Waals surface area contributed by atoms with Gasteiger partial charge in [-0.1, -0.05) is 12.1 Å². The van der Waals surface area contributed by atoms with Crippen molar-refractivity contribution in [1.82, 2.24) is 0 Å². The summed E-state index contributed by atoms with van der Waals surface area (Å²) in [7, 11) is 2.47. The fraction of sp³-hybridized carbons (Fsp3) is 0.222. The van der Waals surface area contributed by atoms with E-state index in [2.05, 4.69) is 0 Å². The Bertz CT molecular complexity index is 877. The molecule has 2 aromatic carbocycles. The number of fused-ring (bicyclic) bond motifs is 1. The molecule has 3 rings (SSSR count). The topological polar surface area (TPSA) is 65.1 Å². The van der Waals surface area contributed by atoms with E-state index < -0.39 is 11.9 Å². The summed E-state index contributed by atoms with van der Waals surface area (Å²) in [4.78, 5) is 25.8. The molecule has 0 amide bonds. The molecule has 7 heteroatoms. The predicted octanol–water partition coefficient (Wildman–Crippen LogP) is 2.37. The number of methoxy groups -OCH3 is 2. The van der Waals surface area contributed by atoms with Crippen LogP contribution in [0, 0.1) is 5.82 Å². The number of halogens is 1. The van der Waals surface area contributed by atoms with E-state index in [4.69, 9.17) is 14.2 Å². The van der Waals surface area contributed by atoms with Crippen molar-refractivity contribution in [2.24, 2.45) is 0 Å². The summed E-state index contributed by atoms with van der Waals surface area (Å²) >= 11 is 0. The van der Waals surface area contributed by atoms with Gasteiger partial charge in [0.25, 0.3) is 0 Å². The molecule has 6 nitrogen and oxygen atoms in total. The number of carbonyl (C=O) groups excluding carboxylic acids is 2. The molecule has 0 spiro atoms. The number of benzene rings is 2. The summed E-state index contributed by atoms with van der Waals surface area (Å²) in [5, 5.41) is 1.51. The third-order valence-electron chi connectivity index (χ3n) is 3.93. The first kappa shape index (κ1) is 16.9. The Morgan fingerprint density at radius 3 is 2.44 bits per heavy atom. The maximum atomic E-state index is 13.3. The maximum Gasteiger partial charge on any atom is 0.355 e. The zero-order valence-electron chi connectivity index (χ0n) is 13.7. The first-order valence-corrected chi connectivity index (χ1v) is 7.49. The van der Waals surface area contributed by atoms with Crippen LogP contribution in [0.4, 0.5) is 10.1 Å². The molecule has 0 bridgehead atoms. The second kappa shape index (κ2) is 6.90. The summed E-state index contributed by atoms with van der Waals surface area (Å²) in [6.07, 6.45) is 0. The Morgan fingerprint density at radius 1 is 1.04 bits per heavy atom. The second-order valence-electron chi connectivity index (χ2n) is 5.39. The van der Waals surface area contributed by atoms with Crippen molar-refractivity contribution in [3.05, 3.63) is 53.5 Å². The van der Waals surface area contributed by atoms with Gasteiger partial charge in [0.2, 0.25) is 0 Å². The monoisotopic (exact) mass is 345 g/mol. The van der Waals surface area contributed by atoms with Crippen LogP contribution in [0.25, 0.3) is 10.8 Å². The van der Waals surface area contributed by atoms with Gasteiger partial charge in [0.15, 0.2) is 0 Å². The Labute approximate surface area is 143 Å². The minimum atomic E-state index is -0.664. The van der Waals surface area contributed by atoms with Crippen molar-refractivity contribution in [2.45, 2.75) is 0 Å². The highest BCUT2D eigenvalue weighted by Gasteiger charge is 2.32. The summed E-state index contributed by atoms with van der Waals surface area (Å²) in [5.74, 6) is -1.65. The van der Waals surface area contributed by atoms with Crippen LogP contribution in [0.2, 0.25) is 0 Å². The Hall–Kier alpha value is -2.93. The molecule has 1 heterocycles. The van der Waals surface area contributed by atoms with Gasteiger partial charge >= 0.3 is 11.9 Å². The summed E-state index contributed by atoms with van der Waals surface area (Å²) in [5.41, 5.74) is 0.766. The average Bonchev–Trinajstić information content (AvgIpc) is 2.65. The van der Waals surface area contributed by atoms with Gasteiger partial charge in [-0.05, 0) is 35.0 Å². The van der Waals surface area contributed by atoms with E-state index in [0.717, 1.165) is 10.8 Å². The molecular formula is C18H16FNO5. The number of hydrogen-bond donors (Lipinski definition) is 0. The molecule has 0 fully saturated rings. The molecule has 2 aromatic rings. The minimum absolute atomic E-state index is 0.0492. The molecule has 0 aromatic heterocycles. The molecule has 0 N–H and O–H groups in total. The molecule has 0 unspecified atom stereocenters. The molecule has 1 aliphatic rings. The summed E-state index contributed by atoms with van der Waals surface area (Å²) in [6, 6.07) is 9.64. The van der Waals surface area contributed by atoms with Crippen LogP contribution in [0.1, 0.15) is 0 Å². The van der Waals surface area contributed by atoms with Gasteiger partial charge in [0.1, 0.15) is 18.2 Å².